The standard InChI is InChI=1S/C16H26N2O2S/c19-15(17-10-11-4-3-9-21-11)18-13-12-5-8-20-14(12)16(13)6-1-2-7-16/h11-14H,1-10H2,(H2,17,18,19)/t11-,12+,13+,14-/m0/s1. The van der Waals surface area contributed by atoms with Crippen molar-refractivity contribution in [3.05, 3.63) is 0 Å². The van der Waals surface area contributed by atoms with Gasteiger partial charge in [0.05, 0.1) is 6.10 Å². The number of carbonyl (C=O) groups is 1. The number of rotatable bonds is 3. The van der Waals surface area contributed by atoms with Crippen molar-refractivity contribution in [3.8, 4) is 0 Å². The number of ether oxygens (including phenoxy) is 1. The molecule has 1 spiro atoms. The minimum absolute atomic E-state index is 0.0455. The van der Waals surface area contributed by atoms with Crippen LogP contribution in [0.3, 0.4) is 0 Å². The van der Waals surface area contributed by atoms with Gasteiger partial charge >= 0.3 is 6.03 Å². The summed E-state index contributed by atoms with van der Waals surface area (Å²) in [6.45, 7) is 1.70. The molecule has 2 N–H and O–H groups in total. The first kappa shape index (κ1) is 14.2. The molecule has 0 aromatic carbocycles. The van der Waals surface area contributed by atoms with Crippen LogP contribution in [0.5, 0.6) is 0 Å². The first-order valence-corrected chi connectivity index (χ1v) is 9.62. The lowest BCUT2D eigenvalue weighted by Crippen LogP contribution is -2.69. The molecular formula is C16H26N2O2S. The number of fused-ring (bicyclic) bond motifs is 2. The van der Waals surface area contributed by atoms with Crippen LogP contribution in [-0.2, 0) is 4.74 Å². The highest BCUT2D eigenvalue weighted by atomic mass is 32.2. The van der Waals surface area contributed by atoms with Crippen molar-refractivity contribution in [2.45, 2.75) is 62.3 Å². The zero-order valence-electron chi connectivity index (χ0n) is 12.6. The summed E-state index contributed by atoms with van der Waals surface area (Å²) in [5.41, 5.74) is 0.264. The summed E-state index contributed by atoms with van der Waals surface area (Å²) >= 11 is 1.99. The number of hydrogen-bond donors (Lipinski definition) is 2. The molecule has 21 heavy (non-hydrogen) atoms. The van der Waals surface area contributed by atoms with E-state index >= 15 is 0 Å². The third kappa shape index (κ3) is 2.37. The predicted octanol–water partition coefficient (Wildman–Crippen LogP) is 2.53. The van der Waals surface area contributed by atoms with E-state index in [2.05, 4.69) is 10.6 Å². The molecular weight excluding hydrogens is 284 g/mol. The Labute approximate surface area is 131 Å². The quantitative estimate of drug-likeness (QED) is 0.842. The Morgan fingerprint density at radius 3 is 2.86 bits per heavy atom. The number of nitrogens with one attached hydrogen (secondary N) is 2. The van der Waals surface area contributed by atoms with Crippen LogP contribution in [0.2, 0.25) is 0 Å². The minimum Gasteiger partial charge on any atom is -0.377 e. The molecule has 0 bridgehead atoms. The molecule has 4 fully saturated rings. The molecule has 0 unspecified atom stereocenters. The average Bonchev–Trinajstić information content (AvgIpc) is 3.22. The van der Waals surface area contributed by atoms with Crippen molar-refractivity contribution in [1.29, 1.82) is 0 Å². The Hall–Kier alpha value is -0.420. The summed E-state index contributed by atoms with van der Waals surface area (Å²) in [5.74, 6) is 1.82. The average molecular weight is 310 g/mol. The van der Waals surface area contributed by atoms with Crippen LogP contribution >= 0.6 is 11.8 Å². The maximum Gasteiger partial charge on any atom is 0.315 e. The van der Waals surface area contributed by atoms with Gasteiger partial charge in [-0.05, 0) is 37.9 Å². The predicted molar refractivity (Wildman–Crippen MR) is 84.6 cm³/mol. The van der Waals surface area contributed by atoms with Gasteiger partial charge in [0.25, 0.3) is 0 Å². The smallest absolute Gasteiger partial charge is 0.315 e. The number of urea groups is 1. The monoisotopic (exact) mass is 310 g/mol. The van der Waals surface area contributed by atoms with E-state index in [1.807, 2.05) is 11.8 Å². The van der Waals surface area contributed by atoms with E-state index in [0.29, 0.717) is 23.3 Å². The van der Waals surface area contributed by atoms with Gasteiger partial charge in [0, 0.05) is 35.8 Å². The second kappa shape index (κ2) is 5.65. The zero-order valence-corrected chi connectivity index (χ0v) is 13.4. The summed E-state index contributed by atoms with van der Waals surface area (Å²) in [6, 6.07) is 0.396. The van der Waals surface area contributed by atoms with Crippen molar-refractivity contribution < 1.29 is 9.53 Å². The molecule has 4 nitrogen and oxygen atoms in total. The Bertz CT molecular complexity index is 405. The van der Waals surface area contributed by atoms with Crippen LogP contribution in [0.15, 0.2) is 0 Å². The molecule has 2 heterocycles. The Morgan fingerprint density at radius 1 is 1.24 bits per heavy atom. The first-order chi connectivity index (χ1) is 10.3. The van der Waals surface area contributed by atoms with Gasteiger partial charge in [-0.25, -0.2) is 4.79 Å². The molecule has 4 rings (SSSR count). The van der Waals surface area contributed by atoms with Crippen LogP contribution in [0.25, 0.3) is 0 Å². The molecule has 2 aliphatic heterocycles. The Kier molecular flexibility index (Phi) is 3.82. The van der Waals surface area contributed by atoms with Gasteiger partial charge in [-0.3, -0.25) is 0 Å². The molecule has 4 aliphatic rings. The van der Waals surface area contributed by atoms with Gasteiger partial charge < -0.3 is 15.4 Å². The normalized spacial score (nSPS) is 40.0. The number of carbonyl (C=O) groups excluding carboxylic acids is 1. The van der Waals surface area contributed by atoms with Gasteiger partial charge in [0.15, 0.2) is 0 Å². The van der Waals surface area contributed by atoms with E-state index in [9.17, 15) is 4.79 Å². The minimum atomic E-state index is 0.0455. The fraction of sp³-hybridized carbons (Fsp3) is 0.938. The van der Waals surface area contributed by atoms with Crippen molar-refractivity contribution in [3.63, 3.8) is 0 Å². The zero-order chi connectivity index (χ0) is 14.3. The molecule has 5 heteroatoms. The Morgan fingerprint density at radius 2 is 2.10 bits per heavy atom. The van der Waals surface area contributed by atoms with Crippen LogP contribution in [0, 0.1) is 11.3 Å². The van der Waals surface area contributed by atoms with E-state index in [4.69, 9.17) is 4.74 Å². The van der Waals surface area contributed by atoms with E-state index in [-0.39, 0.29) is 11.4 Å². The lowest BCUT2D eigenvalue weighted by Gasteiger charge is -2.56. The second-order valence-corrected chi connectivity index (χ2v) is 8.56. The van der Waals surface area contributed by atoms with Crippen LogP contribution < -0.4 is 10.6 Å². The molecule has 2 saturated heterocycles. The maximum absolute atomic E-state index is 12.3. The van der Waals surface area contributed by atoms with E-state index in [0.717, 1.165) is 19.6 Å². The highest BCUT2D eigenvalue weighted by Crippen LogP contribution is 2.60. The van der Waals surface area contributed by atoms with Crippen molar-refractivity contribution in [2.75, 3.05) is 18.9 Å². The molecule has 2 saturated carbocycles. The number of hydrogen-bond acceptors (Lipinski definition) is 3. The van der Waals surface area contributed by atoms with E-state index in [1.165, 1.54) is 44.3 Å². The molecule has 2 aliphatic carbocycles. The Balaban J connectivity index is 1.33. The van der Waals surface area contributed by atoms with Crippen LogP contribution in [0.1, 0.15) is 44.9 Å². The molecule has 2 amide bonds. The lowest BCUT2D eigenvalue weighted by atomic mass is 9.54. The fourth-order valence-corrected chi connectivity index (χ4v) is 6.31. The second-order valence-electron chi connectivity index (χ2n) is 7.15. The van der Waals surface area contributed by atoms with Gasteiger partial charge in [-0.1, -0.05) is 12.8 Å². The highest BCUT2D eigenvalue weighted by Gasteiger charge is 2.65. The summed E-state index contributed by atoms with van der Waals surface area (Å²) in [6.07, 6.45) is 9.15. The summed E-state index contributed by atoms with van der Waals surface area (Å²) < 4.78 is 5.97. The molecule has 0 aromatic heterocycles. The van der Waals surface area contributed by atoms with Crippen LogP contribution in [0.4, 0.5) is 4.79 Å². The van der Waals surface area contributed by atoms with Gasteiger partial charge in [-0.2, -0.15) is 11.8 Å². The highest BCUT2D eigenvalue weighted by molar-refractivity contribution is 8.00. The SMILES string of the molecule is O=C(NC[C@@H]1CCCS1)N[C@@H]1[C@H]2CCO[C@@H]2C12CCCC2. The van der Waals surface area contributed by atoms with Crippen LogP contribution in [-0.4, -0.2) is 42.3 Å². The summed E-state index contributed by atoms with van der Waals surface area (Å²) in [4.78, 5) is 12.3. The van der Waals surface area contributed by atoms with Gasteiger partial charge in [0.1, 0.15) is 0 Å². The van der Waals surface area contributed by atoms with Crippen molar-refractivity contribution >= 4 is 17.8 Å². The van der Waals surface area contributed by atoms with E-state index < -0.39 is 0 Å². The molecule has 4 atom stereocenters. The summed E-state index contributed by atoms with van der Waals surface area (Å²) in [7, 11) is 0. The first-order valence-electron chi connectivity index (χ1n) is 8.57. The topological polar surface area (TPSA) is 50.4 Å². The molecule has 0 aromatic rings. The largest absolute Gasteiger partial charge is 0.377 e. The van der Waals surface area contributed by atoms with Crippen molar-refractivity contribution in [2.24, 2.45) is 11.3 Å². The third-order valence-corrected chi connectivity index (χ3v) is 7.49. The summed E-state index contributed by atoms with van der Waals surface area (Å²) in [5, 5.41) is 7.03. The van der Waals surface area contributed by atoms with Gasteiger partial charge in [-0.15, -0.1) is 0 Å². The fourth-order valence-electron chi connectivity index (χ4n) is 5.11. The lowest BCUT2D eigenvalue weighted by molar-refractivity contribution is -0.126. The molecule has 118 valence electrons. The van der Waals surface area contributed by atoms with Gasteiger partial charge in [0.2, 0.25) is 0 Å². The van der Waals surface area contributed by atoms with E-state index in [1.54, 1.807) is 0 Å². The third-order valence-electron chi connectivity index (χ3n) is 6.09. The number of thioether (sulfide) groups is 1. The van der Waals surface area contributed by atoms with Crippen molar-refractivity contribution in [1.82, 2.24) is 10.6 Å². The maximum atomic E-state index is 12.3. The number of amides is 2. The molecule has 0 radical (unpaired) electrons.